The topological polar surface area (TPSA) is 38.7 Å². The third kappa shape index (κ3) is 5.55. The van der Waals surface area contributed by atoms with Crippen LogP contribution in [0.3, 0.4) is 0 Å². The highest BCUT2D eigenvalue weighted by Crippen LogP contribution is 2.61. The molecule has 3 nitrogen and oxygen atoms in total. The smallest absolute Gasteiger partial charge is 0.164 e. The summed E-state index contributed by atoms with van der Waals surface area (Å²) in [6, 6.07) is 80.6. The van der Waals surface area contributed by atoms with E-state index >= 15 is 0 Å². The summed E-state index contributed by atoms with van der Waals surface area (Å²) >= 11 is 0. The molecular weight excluding hydrogens is 739 g/mol. The van der Waals surface area contributed by atoms with Crippen molar-refractivity contribution in [2.45, 2.75) is 5.41 Å². The lowest BCUT2D eigenvalue weighted by molar-refractivity contribution is 0.775. The number of fused-ring (bicyclic) bond motifs is 12. The molecule has 61 heavy (non-hydrogen) atoms. The number of rotatable bonds is 5. The molecule has 1 heterocycles. The molecule has 10 aromatic rings. The zero-order valence-corrected chi connectivity index (χ0v) is 33.2. The summed E-state index contributed by atoms with van der Waals surface area (Å²) in [6.45, 7) is 0. The van der Waals surface area contributed by atoms with Gasteiger partial charge in [0.15, 0.2) is 17.5 Å². The molecule has 0 N–H and O–H groups in total. The molecule has 2 aliphatic rings. The molecule has 9 aromatic carbocycles. The molecule has 0 aliphatic heterocycles. The Labute approximate surface area is 355 Å². The molecule has 0 radical (unpaired) electrons. The average molecular weight is 776 g/mol. The van der Waals surface area contributed by atoms with Crippen molar-refractivity contribution in [2.24, 2.45) is 0 Å². The molecular formula is C58H37N3. The standard InChI is InChI=1S/C58H37N3/c1-3-17-38(18-4-1)40-21-15-23-42(35-40)55-59-56(43-24-16-22-41(36-43)39-19-5-2-6-20-39)61-57(60-55)44-33-34-50-46-26-8-7-25-45(46)47-27-9-12-30-51(47)58(54(50)37-44)52-31-13-10-28-48(52)49-29-11-14-32-53(49)58/h1-37H. The van der Waals surface area contributed by atoms with Crippen LogP contribution in [0.5, 0.6) is 0 Å². The van der Waals surface area contributed by atoms with Crippen LogP contribution in [0.1, 0.15) is 22.3 Å². The highest BCUT2D eigenvalue weighted by Gasteiger charge is 2.49. The van der Waals surface area contributed by atoms with Crippen LogP contribution in [-0.4, -0.2) is 15.0 Å². The maximum atomic E-state index is 5.36. The molecule has 1 aromatic heterocycles. The Bertz CT molecular complexity index is 3170. The van der Waals surface area contributed by atoms with E-state index in [1.165, 1.54) is 55.6 Å². The fourth-order valence-corrected chi connectivity index (χ4v) is 9.89. The van der Waals surface area contributed by atoms with Crippen LogP contribution >= 0.6 is 0 Å². The monoisotopic (exact) mass is 775 g/mol. The first kappa shape index (κ1) is 35.0. The summed E-state index contributed by atoms with van der Waals surface area (Å²) in [5.74, 6) is 1.87. The van der Waals surface area contributed by atoms with Gasteiger partial charge < -0.3 is 0 Å². The van der Waals surface area contributed by atoms with Gasteiger partial charge in [0, 0.05) is 16.7 Å². The van der Waals surface area contributed by atoms with Crippen molar-refractivity contribution in [1.29, 1.82) is 0 Å². The third-order valence-electron chi connectivity index (χ3n) is 12.6. The van der Waals surface area contributed by atoms with Crippen LogP contribution in [0.2, 0.25) is 0 Å². The molecule has 0 unspecified atom stereocenters. The fraction of sp³-hybridized carbons (Fsp3) is 0.0172. The minimum Gasteiger partial charge on any atom is -0.208 e. The van der Waals surface area contributed by atoms with Crippen molar-refractivity contribution >= 4 is 0 Å². The lowest BCUT2D eigenvalue weighted by Crippen LogP contribution is -2.29. The van der Waals surface area contributed by atoms with Crippen molar-refractivity contribution in [3.63, 3.8) is 0 Å². The number of aromatic nitrogens is 3. The van der Waals surface area contributed by atoms with Crippen LogP contribution in [0, 0.1) is 0 Å². The SMILES string of the molecule is c1ccc(-c2cccc(-c3nc(-c4cccc(-c5ccccc5)c4)nc(-c4ccc5c(c4)C4(c6ccccc6-c6ccccc6-5)c5ccccc5-c5ccccc54)n3)c2)cc1. The molecule has 0 fully saturated rings. The Morgan fingerprint density at radius 3 is 1.00 bits per heavy atom. The Balaban J connectivity index is 1.13. The minimum atomic E-state index is -0.610. The summed E-state index contributed by atoms with van der Waals surface area (Å²) in [4.78, 5) is 16.0. The van der Waals surface area contributed by atoms with E-state index in [9.17, 15) is 0 Å². The van der Waals surface area contributed by atoms with Gasteiger partial charge in [-0.05, 0) is 96.1 Å². The van der Waals surface area contributed by atoms with E-state index in [4.69, 9.17) is 15.0 Å². The van der Waals surface area contributed by atoms with Crippen molar-refractivity contribution in [3.8, 4) is 89.8 Å². The predicted octanol–water partition coefficient (Wildman–Crippen LogP) is 14.2. The van der Waals surface area contributed by atoms with Gasteiger partial charge in [0.1, 0.15) is 0 Å². The van der Waals surface area contributed by atoms with E-state index in [2.05, 4.69) is 212 Å². The van der Waals surface area contributed by atoms with E-state index in [0.29, 0.717) is 17.5 Å². The van der Waals surface area contributed by atoms with Crippen molar-refractivity contribution in [1.82, 2.24) is 15.0 Å². The number of benzene rings is 9. The molecule has 0 bridgehead atoms. The largest absolute Gasteiger partial charge is 0.208 e. The van der Waals surface area contributed by atoms with Gasteiger partial charge in [-0.1, -0.05) is 206 Å². The molecule has 0 saturated carbocycles. The van der Waals surface area contributed by atoms with E-state index in [-0.39, 0.29) is 0 Å². The maximum Gasteiger partial charge on any atom is 0.164 e. The number of nitrogens with zero attached hydrogens (tertiary/aromatic N) is 3. The normalized spacial score (nSPS) is 12.7. The van der Waals surface area contributed by atoms with Crippen molar-refractivity contribution < 1.29 is 0 Å². The lowest BCUT2D eigenvalue weighted by atomic mass is 9.65. The van der Waals surface area contributed by atoms with Crippen LogP contribution in [0.25, 0.3) is 89.8 Å². The van der Waals surface area contributed by atoms with Crippen molar-refractivity contribution in [2.75, 3.05) is 0 Å². The van der Waals surface area contributed by atoms with Gasteiger partial charge in [0.05, 0.1) is 5.41 Å². The van der Waals surface area contributed by atoms with E-state index in [1.807, 2.05) is 12.1 Å². The van der Waals surface area contributed by atoms with E-state index in [0.717, 1.165) is 38.9 Å². The summed E-state index contributed by atoms with van der Waals surface area (Å²) in [5.41, 5.74) is 19.1. The van der Waals surface area contributed by atoms with Gasteiger partial charge in [-0.25, -0.2) is 15.0 Å². The molecule has 0 amide bonds. The Morgan fingerprint density at radius 1 is 0.213 bits per heavy atom. The van der Waals surface area contributed by atoms with E-state index in [1.54, 1.807) is 0 Å². The number of hydrogen-bond acceptors (Lipinski definition) is 3. The molecule has 284 valence electrons. The molecule has 1 spiro atoms. The Kier molecular flexibility index (Phi) is 8.07. The van der Waals surface area contributed by atoms with Gasteiger partial charge in [0.2, 0.25) is 0 Å². The zero-order chi connectivity index (χ0) is 40.3. The van der Waals surface area contributed by atoms with Crippen LogP contribution in [-0.2, 0) is 5.41 Å². The fourth-order valence-electron chi connectivity index (χ4n) is 9.89. The Hall–Kier alpha value is -8.01. The van der Waals surface area contributed by atoms with E-state index < -0.39 is 5.41 Å². The maximum absolute atomic E-state index is 5.36. The van der Waals surface area contributed by atoms with Gasteiger partial charge >= 0.3 is 0 Å². The summed E-state index contributed by atoms with van der Waals surface area (Å²) in [6.07, 6.45) is 0. The molecule has 3 heteroatoms. The highest BCUT2D eigenvalue weighted by atomic mass is 15.0. The second-order valence-electron chi connectivity index (χ2n) is 15.9. The first-order chi connectivity index (χ1) is 30.2. The quantitative estimate of drug-likeness (QED) is 0.175. The second-order valence-corrected chi connectivity index (χ2v) is 15.9. The molecule has 0 saturated heterocycles. The predicted molar refractivity (Wildman–Crippen MR) is 249 cm³/mol. The van der Waals surface area contributed by atoms with Crippen LogP contribution in [0.15, 0.2) is 224 Å². The van der Waals surface area contributed by atoms with Gasteiger partial charge in [0.25, 0.3) is 0 Å². The van der Waals surface area contributed by atoms with Crippen molar-refractivity contribution in [3.05, 3.63) is 247 Å². The van der Waals surface area contributed by atoms with Gasteiger partial charge in [-0.3, -0.25) is 0 Å². The average Bonchev–Trinajstić information content (AvgIpc) is 3.59. The summed E-state index contributed by atoms with van der Waals surface area (Å²) < 4.78 is 0. The van der Waals surface area contributed by atoms with Crippen LogP contribution in [0.4, 0.5) is 0 Å². The first-order valence-corrected chi connectivity index (χ1v) is 20.9. The highest BCUT2D eigenvalue weighted by molar-refractivity contribution is 5.97. The zero-order valence-electron chi connectivity index (χ0n) is 33.2. The molecule has 2 aliphatic carbocycles. The Morgan fingerprint density at radius 2 is 0.541 bits per heavy atom. The summed E-state index contributed by atoms with van der Waals surface area (Å²) in [7, 11) is 0. The summed E-state index contributed by atoms with van der Waals surface area (Å²) in [5, 5.41) is 0. The molecule has 0 atom stereocenters. The number of hydrogen-bond donors (Lipinski definition) is 0. The third-order valence-corrected chi connectivity index (χ3v) is 12.6. The minimum absolute atomic E-state index is 0.610. The first-order valence-electron chi connectivity index (χ1n) is 20.9. The lowest BCUT2D eigenvalue weighted by Gasteiger charge is -2.35. The van der Waals surface area contributed by atoms with Gasteiger partial charge in [-0.2, -0.15) is 0 Å². The van der Waals surface area contributed by atoms with Gasteiger partial charge in [-0.15, -0.1) is 0 Å². The molecule has 12 rings (SSSR count). The van der Waals surface area contributed by atoms with Crippen LogP contribution < -0.4 is 0 Å². The second kappa shape index (κ2) is 14.1.